The number of halogens is 1. The lowest BCUT2D eigenvalue weighted by Crippen LogP contribution is -2.31. The van der Waals surface area contributed by atoms with Gasteiger partial charge in [-0.3, -0.25) is 4.79 Å². The highest BCUT2D eigenvalue weighted by atomic mass is 19.1. The maximum Gasteiger partial charge on any atom is 0.255 e. The zero-order valence-corrected chi connectivity index (χ0v) is 21.8. The molecule has 4 N–H and O–H groups in total. The van der Waals surface area contributed by atoms with Crippen LogP contribution in [0.25, 0.3) is 33.3 Å². The summed E-state index contributed by atoms with van der Waals surface area (Å²) in [5.74, 6) is 0.0698. The van der Waals surface area contributed by atoms with Crippen molar-refractivity contribution in [3.05, 3.63) is 132 Å². The molecule has 6 aromatic rings. The molecule has 3 heterocycles. The van der Waals surface area contributed by atoms with Gasteiger partial charge in [-0.1, -0.05) is 48.5 Å². The molecule has 0 fully saturated rings. The first-order valence-corrected chi connectivity index (χ1v) is 13.1. The standard InChI is InChI=1S/C33H24FN5O2/c34-24-12-13-29(40)26(16-24)31(32-37-27-3-1-2-4-28(27)38-32)39-18-23-10-9-21(15-25(23)33(39)41)19-5-7-20(8-6-19)22-11-14-30(35)36-17-22/h1-17,31,40H,18H2,(H2,35,36)(H,37,38). The number of nitrogens with one attached hydrogen (secondary N) is 1. The summed E-state index contributed by atoms with van der Waals surface area (Å²) in [6, 6.07) is 28.0. The van der Waals surface area contributed by atoms with Crippen molar-refractivity contribution in [2.45, 2.75) is 12.6 Å². The lowest BCUT2D eigenvalue weighted by Gasteiger charge is -2.27. The van der Waals surface area contributed by atoms with Crippen LogP contribution in [0.1, 0.15) is 33.4 Å². The number of fused-ring (bicyclic) bond motifs is 2. The first-order chi connectivity index (χ1) is 19.9. The van der Waals surface area contributed by atoms with Gasteiger partial charge >= 0.3 is 0 Å². The lowest BCUT2D eigenvalue weighted by molar-refractivity contribution is 0.0723. The van der Waals surface area contributed by atoms with Gasteiger partial charge in [0.1, 0.15) is 29.3 Å². The smallest absolute Gasteiger partial charge is 0.255 e. The Morgan fingerprint density at radius 1 is 0.878 bits per heavy atom. The Hall–Kier alpha value is -5.50. The number of carbonyl (C=O) groups excluding carboxylic acids is 1. The molecule has 1 aliphatic rings. The first kappa shape index (κ1) is 24.5. The van der Waals surface area contributed by atoms with Crippen LogP contribution in [0, 0.1) is 5.82 Å². The van der Waals surface area contributed by atoms with E-state index in [-0.39, 0.29) is 23.8 Å². The average molecular weight is 542 g/mol. The normalized spacial score (nSPS) is 13.5. The molecule has 0 saturated heterocycles. The number of para-hydroxylation sites is 2. The predicted octanol–water partition coefficient (Wildman–Crippen LogP) is 6.46. The van der Waals surface area contributed by atoms with Gasteiger partial charge in [0.2, 0.25) is 0 Å². The van der Waals surface area contributed by atoms with Crippen LogP contribution in [0.15, 0.2) is 103 Å². The largest absolute Gasteiger partial charge is 0.508 e. The van der Waals surface area contributed by atoms with E-state index in [1.165, 1.54) is 18.2 Å². The molecule has 41 heavy (non-hydrogen) atoms. The number of nitrogens with zero attached hydrogens (tertiary/aromatic N) is 3. The van der Waals surface area contributed by atoms with E-state index in [9.17, 15) is 14.3 Å². The van der Waals surface area contributed by atoms with Crippen LogP contribution < -0.4 is 5.73 Å². The fraction of sp³-hybridized carbons (Fsp3) is 0.0606. The van der Waals surface area contributed by atoms with Crippen molar-refractivity contribution in [2.75, 3.05) is 5.73 Å². The highest BCUT2D eigenvalue weighted by Gasteiger charge is 2.37. The number of rotatable bonds is 5. The molecule has 4 aromatic carbocycles. The van der Waals surface area contributed by atoms with Gasteiger partial charge in [-0.2, -0.15) is 0 Å². The Morgan fingerprint density at radius 2 is 1.61 bits per heavy atom. The molecule has 0 saturated carbocycles. The van der Waals surface area contributed by atoms with E-state index in [0.717, 1.165) is 33.3 Å². The molecule has 1 unspecified atom stereocenters. The van der Waals surface area contributed by atoms with E-state index in [0.29, 0.717) is 22.7 Å². The molecule has 0 spiro atoms. The van der Waals surface area contributed by atoms with E-state index in [1.807, 2.05) is 72.8 Å². The number of aromatic hydroxyl groups is 1. The summed E-state index contributed by atoms with van der Waals surface area (Å²) in [4.78, 5) is 27.7. The first-order valence-electron chi connectivity index (χ1n) is 13.1. The number of benzene rings is 4. The van der Waals surface area contributed by atoms with Crippen molar-refractivity contribution in [2.24, 2.45) is 0 Å². The van der Waals surface area contributed by atoms with Crippen LogP contribution in [-0.2, 0) is 6.54 Å². The molecule has 0 radical (unpaired) electrons. The minimum Gasteiger partial charge on any atom is -0.508 e. The monoisotopic (exact) mass is 541 g/mol. The number of H-pyrrole nitrogens is 1. The van der Waals surface area contributed by atoms with Crippen molar-refractivity contribution in [1.29, 1.82) is 0 Å². The number of nitrogen functional groups attached to an aromatic ring is 1. The van der Waals surface area contributed by atoms with Crippen LogP contribution in [-0.4, -0.2) is 30.9 Å². The quantitative estimate of drug-likeness (QED) is 0.232. The fourth-order valence-electron chi connectivity index (χ4n) is 5.45. The van der Waals surface area contributed by atoms with Crippen LogP contribution in [0.3, 0.4) is 0 Å². The topological polar surface area (TPSA) is 108 Å². The molecule has 7 nitrogen and oxygen atoms in total. The van der Waals surface area contributed by atoms with Crippen molar-refractivity contribution in [3.8, 4) is 28.0 Å². The summed E-state index contributed by atoms with van der Waals surface area (Å²) >= 11 is 0. The number of anilines is 1. The van der Waals surface area contributed by atoms with Crippen molar-refractivity contribution in [3.63, 3.8) is 0 Å². The molecular weight excluding hydrogens is 517 g/mol. The number of carbonyl (C=O) groups is 1. The van der Waals surface area contributed by atoms with Gasteiger partial charge in [0.05, 0.1) is 11.0 Å². The third-order valence-electron chi connectivity index (χ3n) is 7.54. The third kappa shape index (κ3) is 4.35. The molecule has 1 amide bonds. The molecule has 200 valence electrons. The minimum atomic E-state index is -0.825. The Labute approximate surface area is 234 Å². The Morgan fingerprint density at radius 3 is 2.37 bits per heavy atom. The number of amides is 1. The van der Waals surface area contributed by atoms with Gasteiger partial charge in [0.15, 0.2) is 0 Å². The van der Waals surface area contributed by atoms with Gasteiger partial charge in [-0.05, 0) is 70.8 Å². The van der Waals surface area contributed by atoms with Gasteiger partial charge in [-0.15, -0.1) is 0 Å². The maximum atomic E-state index is 14.4. The minimum absolute atomic E-state index is 0.113. The summed E-state index contributed by atoms with van der Waals surface area (Å²) in [6.07, 6.45) is 1.74. The van der Waals surface area contributed by atoms with E-state index in [4.69, 9.17) is 10.7 Å². The maximum absolute atomic E-state index is 14.4. The van der Waals surface area contributed by atoms with Gasteiger partial charge in [0.25, 0.3) is 5.91 Å². The molecule has 0 aliphatic carbocycles. The SMILES string of the molecule is Nc1ccc(-c2ccc(-c3ccc4c(c3)C(=O)N(C(c3nc5ccccc5[nH]3)c3cc(F)ccc3O)C4)cc2)cn1. The molecule has 7 rings (SSSR count). The molecular formula is C33H24FN5O2. The Bertz CT molecular complexity index is 1900. The van der Waals surface area contributed by atoms with Crippen LogP contribution in [0.4, 0.5) is 10.2 Å². The van der Waals surface area contributed by atoms with Crippen molar-refractivity contribution < 1.29 is 14.3 Å². The second-order valence-electron chi connectivity index (χ2n) is 10.1. The highest BCUT2D eigenvalue weighted by Crippen LogP contribution is 2.40. The van der Waals surface area contributed by atoms with Crippen molar-refractivity contribution >= 4 is 22.8 Å². The Kier molecular flexibility index (Phi) is 5.75. The van der Waals surface area contributed by atoms with Crippen LogP contribution in [0.2, 0.25) is 0 Å². The van der Waals surface area contributed by atoms with E-state index in [1.54, 1.807) is 17.2 Å². The number of aromatic nitrogens is 3. The van der Waals surface area contributed by atoms with Crippen LogP contribution in [0.5, 0.6) is 5.75 Å². The third-order valence-corrected chi connectivity index (χ3v) is 7.54. The molecule has 1 atom stereocenters. The van der Waals surface area contributed by atoms with E-state index >= 15 is 0 Å². The summed E-state index contributed by atoms with van der Waals surface area (Å²) < 4.78 is 14.4. The van der Waals surface area contributed by atoms with Gasteiger partial charge in [0, 0.05) is 29.4 Å². The zero-order valence-electron chi connectivity index (χ0n) is 21.8. The number of hydrogen-bond donors (Lipinski definition) is 3. The van der Waals surface area contributed by atoms with Crippen LogP contribution >= 0.6 is 0 Å². The second-order valence-corrected chi connectivity index (χ2v) is 10.1. The number of pyridine rings is 1. The number of phenols is 1. The molecule has 8 heteroatoms. The zero-order chi connectivity index (χ0) is 28.1. The fourth-order valence-corrected chi connectivity index (χ4v) is 5.45. The van der Waals surface area contributed by atoms with Crippen molar-refractivity contribution in [1.82, 2.24) is 19.9 Å². The summed E-state index contributed by atoms with van der Waals surface area (Å²) in [6.45, 7) is 0.287. The highest BCUT2D eigenvalue weighted by molar-refractivity contribution is 6.00. The number of hydrogen-bond acceptors (Lipinski definition) is 5. The second kappa shape index (κ2) is 9.60. The Balaban J connectivity index is 1.25. The van der Waals surface area contributed by atoms with Gasteiger partial charge in [-0.25, -0.2) is 14.4 Å². The molecule has 1 aliphatic heterocycles. The summed E-state index contributed by atoms with van der Waals surface area (Å²) in [5.41, 5.74) is 12.7. The molecule has 2 aromatic heterocycles. The van der Waals surface area contributed by atoms with Gasteiger partial charge < -0.3 is 20.7 Å². The van der Waals surface area contributed by atoms with E-state index < -0.39 is 11.9 Å². The number of nitrogens with two attached hydrogens (primary N) is 1. The number of aromatic amines is 1. The lowest BCUT2D eigenvalue weighted by atomic mass is 9.98. The van der Waals surface area contributed by atoms with E-state index in [2.05, 4.69) is 9.97 Å². The number of imidazole rings is 1. The summed E-state index contributed by atoms with van der Waals surface area (Å²) in [5, 5.41) is 10.8. The molecule has 0 bridgehead atoms. The average Bonchev–Trinajstić information content (AvgIpc) is 3.56. The predicted molar refractivity (Wildman–Crippen MR) is 155 cm³/mol. The number of phenolic OH excluding ortho intramolecular Hbond substituents is 1. The summed E-state index contributed by atoms with van der Waals surface area (Å²) in [7, 11) is 0.